The highest BCUT2D eigenvalue weighted by Crippen LogP contribution is 2.35. The lowest BCUT2D eigenvalue weighted by Gasteiger charge is -2.06. The highest BCUT2D eigenvalue weighted by molar-refractivity contribution is 7.21. The van der Waals surface area contributed by atoms with Crippen molar-refractivity contribution >= 4 is 39.0 Å². The highest BCUT2D eigenvalue weighted by atomic mass is 35.5. The van der Waals surface area contributed by atoms with Crippen LogP contribution in [-0.2, 0) is 11.3 Å². The highest BCUT2D eigenvalue weighted by Gasteiger charge is 2.18. The van der Waals surface area contributed by atoms with Gasteiger partial charge in [-0.05, 0) is 24.1 Å². The number of ether oxygens (including phenoxy) is 1. The van der Waals surface area contributed by atoms with E-state index in [0.29, 0.717) is 9.90 Å². The summed E-state index contributed by atoms with van der Waals surface area (Å²) in [6.07, 6.45) is 0. The molecule has 3 aromatic rings. The van der Waals surface area contributed by atoms with E-state index in [2.05, 4.69) is 0 Å². The van der Waals surface area contributed by atoms with Gasteiger partial charge in [-0.3, -0.25) is 0 Å². The van der Waals surface area contributed by atoms with Crippen molar-refractivity contribution in [2.45, 2.75) is 13.5 Å². The average Bonchev–Trinajstić information content (AvgIpc) is 2.84. The molecule has 0 aliphatic carbocycles. The van der Waals surface area contributed by atoms with Crippen LogP contribution in [0.5, 0.6) is 0 Å². The molecule has 0 aliphatic rings. The first-order chi connectivity index (χ1) is 10.2. The smallest absolute Gasteiger partial charge is 0.350 e. The third-order valence-electron chi connectivity index (χ3n) is 3.34. The number of halogens is 1. The van der Waals surface area contributed by atoms with Gasteiger partial charge < -0.3 is 4.74 Å². The van der Waals surface area contributed by atoms with Gasteiger partial charge in [0.05, 0.1) is 5.02 Å². The van der Waals surface area contributed by atoms with Gasteiger partial charge in [0, 0.05) is 10.1 Å². The summed E-state index contributed by atoms with van der Waals surface area (Å²) in [6.45, 7) is 2.26. The molecule has 1 heterocycles. The Bertz CT molecular complexity index is 807. The van der Waals surface area contributed by atoms with E-state index < -0.39 is 0 Å². The van der Waals surface area contributed by atoms with E-state index >= 15 is 0 Å². The van der Waals surface area contributed by atoms with Crippen molar-refractivity contribution in [3.05, 3.63) is 69.6 Å². The van der Waals surface area contributed by atoms with E-state index in [1.807, 2.05) is 55.5 Å². The fourth-order valence-corrected chi connectivity index (χ4v) is 3.53. The number of carbonyl (C=O) groups excluding carboxylic acids is 1. The molecule has 0 radical (unpaired) electrons. The molecule has 0 saturated heterocycles. The van der Waals surface area contributed by atoms with Crippen LogP contribution in [0.15, 0.2) is 48.5 Å². The quantitative estimate of drug-likeness (QED) is 0.619. The molecule has 2 nitrogen and oxygen atoms in total. The van der Waals surface area contributed by atoms with Gasteiger partial charge in [0.15, 0.2) is 0 Å². The van der Waals surface area contributed by atoms with E-state index in [9.17, 15) is 4.79 Å². The minimum atomic E-state index is -0.371. The summed E-state index contributed by atoms with van der Waals surface area (Å²) < 4.78 is 6.38. The molecule has 0 bridgehead atoms. The second kappa shape index (κ2) is 5.88. The molecule has 21 heavy (non-hydrogen) atoms. The largest absolute Gasteiger partial charge is 0.457 e. The zero-order valence-corrected chi connectivity index (χ0v) is 13.0. The van der Waals surface area contributed by atoms with Crippen LogP contribution in [-0.4, -0.2) is 5.97 Å². The minimum Gasteiger partial charge on any atom is -0.457 e. The lowest BCUT2D eigenvalue weighted by molar-refractivity contribution is 0.0478. The molecule has 2 aromatic carbocycles. The summed E-state index contributed by atoms with van der Waals surface area (Å²) in [4.78, 5) is 12.7. The standard InChI is InChI=1S/C17H13ClO2S/c1-11-6-2-3-7-12(11)10-20-17(19)16-15(18)13-8-4-5-9-14(13)21-16/h2-9H,10H2,1H3. The molecule has 1 aromatic heterocycles. The van der Waals surface area contributed by atoms with Gasteiger partial charge in [0.2, 0.25) is 0 Å². The summed E-state index contributed by atoms with van der Waals surface area (Å²) in [5.74, 6) is -0.371. The summed E-state index contributed by atoms with van der Waals surface area (Å²) in [7, 11) is 0. The van der Waals surface area contributed by atoms with Crippen LogP contribution < -0.4 is 0 Å². The number of esters is 1. The Morgan fingerprint density at radius 3 is 2.62 bits per heavy atom. The lowest BCUT2D eigenvalue weighted by atomic mass is 10.1. The van der Waals surface area contributed by atoms with Crippen molar-refractivity contribution in [1.82, 2.24) is 0 Å². The summed E-state index contributed by atoms with van der Waals surface area (Å²) in [6, 6.07) is 15.5. The zero-order valence-electron chi connectivity index (χ0n) is 11.4. The van der Waals surface area contributed by atoms with E-state index in [4.69, 9.17) is 16.3 Å². The Labute approximate surface area is 131 Å². The summed E-state index contributed by atoms with van der Waals surface area (Å²) >= 11 is 7.64. The molecule has 3 rings (SSSR count). The Morgan fingerprint density at radius 2 is 1.86 bits per heavy atom. The van der Waals surface area contributed by atoms with Crippen molar-refractivity contribution in [3.8, 4) is 0 Å². The number of thiophene rings is 1. The van der Waals surface area contributed by atoms with Gasteiger partial charge in [-0.1, -0.05) is 54.1 Å². The molecule has 4 heteroatoms. The average molecular weight is 317 g/mol. The van der Waals surface area contributed by atoms with Crippen LogP contribution in [0.1, 0.15) is 20.8 Å². The Balaban J connectivity index is 1.81. The molecule has 106 valence electrons. The van der Waals surface area contributed by atoms with E-state index in [1.165, 1.54) is 11.3 Å². The van der Waals surface area contributed by atoms with Crippen LogP contribution >= 0.6 is 22.9 Å². The van der Waals surface area contributed by atoms with Crippen LogP contribution in [0.3, 0.4) is 0 Å². The fourth-order valence-electron chi connectivity index (χ4n) is 2.13. The minimum absolute atomic E-state index is 0.260. The molecule has 0 saturated carbocycles. The van der Waals surface area contributed by atoms with Crippen LogP contribution in [0.25, 0.3) is 10.1 Å². The van der Waals surface area contributed by atoms with Gasteiger partial charge in [-0.25, -0.2) is 4.79 Å². The van der Waals surface area contributed by atoms with Crippen LogP contribution in [0.2, 0.25) is 5.02 Å². The molecule has 0 N–H and O–H groups in total. The Morgan fingerprint density at radius 1 is 1.14 bits per heavy atom. The van der Waals surface area contributed by atoms with Crippen molar-refractivity contribution in [2.24, 2.45) is 0 Å². The molecule has 0 amide bonds. The number of fused-ring (bicyclic) bond motifs is 1. The predicted octanol–water partition coefficient (Wildman–Crippen LogP) is 5.22. The third-order valence-corrected chi connectivity index (χ3v) is 5.00. The molecule has 0 aliphatic heterocycles. The van der Waals surface area contributed by atoms with Gasteiger partial charge in [-0.15, -0.1) is 11.3 Å². The van der Waals surface area contributed by atoms with E-state index in [0.717, 1.165) is 21.2 Å². The molecule has 0 spiro atoms. The van der Waals surface area contributed by atoms with Crippen molar-refractivity contribution in [3.63, 3.8) is 0 Å². The van der Waals surface area contributed by atoms with Crippen molar-refractivity contribution < 1.29 is 9.53 Å². The summed E-state index contributed by atoms with van der Waals surface area (Å²) in [5.41, 5.74) is 2.11. The predicted molar refractivity (Wildman–Crippen MR) is 87.1 cm³/mol. The lowest BCUT2D eigenvalue weighted by Crippen LogP contribution is -2.04. The molecule has 0 unspecified atom stereocenters. The fraction of sp³-hybridized carbons (Fsp3) is 0.118. The van der Waals surface area contributed by atoms with Crippen molar-refractivity contribution in [1.29, 1.82) is 0 Å². The SMILES string of the molecule is Cc1ccccc1COC(=O)c1sc2ccccc2c1Cl. The maximum atomic E-state index is 12.2. The normalized spacial score (nSPS) is 10.8. The molecular formula is C17H13ClO2S. The van der Waals surface area contributed by atoms with Gasteiger partial charge >= 0.3 is 5.97 Å². The van der Waals surface area contributed by atoms with Gasteiger partial charge in [0.1, 0.15) is 11.5 Å². The molecule has 0 fully saturated rings. The first-order valence-electron chi connectivity index (χ1n) is 6.55. The maximum Gasteiger partial charge on any atom is 0.350 e. The van der Waals surface area contributed by atoms with E-state index in [-0.39, 0.29) is 12.6 Å². The third kappa shape index (κ3) is 2.80. The Kier molecular flexibility index (Phi) is 3.95. The summed E-state index contributed by atoms with van der Waals surface area (Å²) in [5, 5.41) is 1.37. The number of benzene rings is 2. The monoisotopic (exact) mass is 316 g/mol. The topological polar surface area (TPSA) is 26.3 Å². The van der Waals surface area contributed by atoms with Crippen LogP contribution in [0, 0.1) is 6.92 Å². The first-order valence-corrected chi connectivity index (χ1v) is 7.75. The number of hydrogen-bond acceptors (Lipinski definition) is 3. The molecule has 0 atom stereocenters. The number of aryl methyl sites for hydroxylation is 1. The second-order valence-electron chi connectivity index (χ2n) is 4.74. The van der Waals surface area contributed by atoms with Gasteiger partial charge in [-0.2, -0.15) is 0 Å². The number of rotatable bonds is 3. The maximum absolute atomic E-state index is 12.2. The first kappa shape index (κ1) is 14.1. The molecular weight excluding hydrogens is 304 g/mol. The van der Waals surface area contributed by atoms with E-state index in [1.54, 1.807) is 0 Å². The van der Waals surface area contributed by atoms with Crippen molar-refractivity contribution in [2.75, 3.05) is 0 Å². The number of carbonyl (C=O) groups is 1. The van der Waals surface area contributed by atoms with Crippen LogP contribution in [0.4, 0.5) is 0 Å². The zero-order chi connectivity index (χ0) is 14.8. The number of hydrogen-bond donors (Lipinski definition) is 0. The van der Waals surface area contributed by atoms with Gasteiger partial charge in [0.25, 0.3) is 0 Å². The second-order valence-corrected chi connectivity index (χ2v) is 6.17. The Hall–Kier alpha value is -1.84.